The minimum atomic E-state index is -0.796. The summed E-state index contributed by atoms with van der Waals surface area (Å²) in [5.74, 6) is -2.53. The molecule has 0 saturated carbocycles. The van der Waals surface area contributed by atoms with Crippen LogP contribution >= 0.6 is 0 Å². The van der Waals surface area contributed by atoms with E-state index in [0.29, 0.717) is 16.9 Å². The molecule has 0 spiro atoms. The third-order valence-corrected chi connectivity index (χ3v) is 4.39. The molecule has 0 N–H and O–H groups in total. The molecule has 0 amide bonds. The molecule has 3 aromatic carbocycles. The zero-order valence-electron chi connectivity index (χ0n) is 17.3. The van der Waals surface area contributed by atoms with Gasteiger partial charge in [0.25, 0.3) is 0 Å². The molecule has 7 heteroatoms. The van der Waals surface area contributed by atoms with E-state index in [9.17, 15) is 18.4 Å². The topological polar surface area (TPSA) is 61.8 Å². The van der Waals surface area contributed by atoms with Crippen molar-refractivity contribution in [1.29, 1.82) is 0 Å². The van der Waals surface area contributed by atoms with Crippen LogP contribution in [0, 0.1) is 11.6 Å². The minimum Gasteiger partial charge on any atom is -0.462 e. The average molecular weight is 448 g/mol. The Labute approximate surface area is 188 Å². The average Bonchev–Trinajstić information content (AvgIpc) is 2.83. The number of hydrogen-bond donors (Lipinski definition) is 0. The van der Waals surface area contributed by atoms with Crippen molar-refractivity contribution in [3.05, 3.63) is 110 Å². The summed E-state index contributed by atoms with van der Waals surface area (Å²) in [5, 5.41) is 0. The van der Waals surface area contributed by atoms with E-state index in [1.54, 1.807) is 30.3 Å². The number of carbonyl (C=O) groups is 2. The quantitative estimate of drug-likeness (QED) is 0.184. The van der Waals surface area contributed by atoms with Gasteiger partial charge in [-0.2, -0.15) is 0 Å². The van der Waals surface area contributed by atoms with Gasteiger partial charge in [0.05, 0.1) is 0 Å². The van der Waals surface area contributed by atoms with Gasteiger partial charge < -0.3 is 14.2 Å². The second-order valence-electron chi connectivity index (χ2n) is 6.52. The van der Waals surface area contributed by atoms with E-state index in [0.717, 1.165) is 30.0 Å². The molecule has 5 nitrogen and oxygen atoms in total. The molecular formula is C26H18F2O5. The Balaban J connectivity index is 1.73. The van der Waals surface area contributed by atoms with E-state index >= 15 is 0 Å². The smallest absolute Gasteiger partial charge is 0.335 e. The molecule has 0 unspecified atom stereocenters. The molecule has 0 saturated heterocycles. The fraction of sp³-hybridized carbons (Fsp3) is 0. The Morgan fingerprint density at radius 3 is 2.00 bits per heavy atom. The molecule has 0 heterocycles. The van der Waals surface area contributed by atoms with Crippen molar-refractivity contribution in [2.75, 3.05) is 0 Å². The van der Waals surface area contributed by atoms with Crippen molar-refractivity contribution in [2.45, 2.75) is 0 Å². The van der Waals surface area contributed by atoms with E-state index in [-0.39, 0.29) is 11.3 Å². The van der Waals surface area contributed by atoms with Gasteiger partial charge in [-0.3, -0.25) is 0 Å². The van der Waals surface area contributed by atoms with Crippen molar-refractivity contribution < 1.29 is 32.6 Å². The Hall–Kier alpha value is -4.52. The Bertz CT molecular complexity index is 1230. The number of benzene rings is 3. The van der Waals surface area contributed by atoms with Gasteiger partial charge >= 0.3 is 11.9 Å². The number of esters is 2. The molecule has 0 aliphatic rings. The lowest BCUT2D eigenvalue weighted by Gasteiger charge is -2.09. The maximum atomic E-state index is 14.8. The van der Waals surface area contributed by atoms with E-state index in [1.165, 1.54) is 30.5 Å². The van der Waals surface area contributed by atoms with Gasteiger partial charge in [0.2, 0.25) is 0 Å². The molecule has 0 atom stereocenters. The maximum Gasteiger partial charge on any atom is 0.335 e. The van der Waals surface area contributed by atoms with Gasteiger partial charge in [0.15, 0.2) is 11.6 Å². The van der Waals surface area contributed by atoms with Crippen LogP contribution in [0.15, 0.2) is 98.5 Å². The summed E-state index contributed by atoms with van der Waals surface area (Å²) < 4.78 is 43.8. The maximum absolute atomic E-state index is 14.8. The Morgan fingerprint density at radius 1 is 0.727 bits per heavy atom. The van der Waals surface area contributed by atoms with Crippen LogP contribution in [0.3, 0.4) is 0 Å². The fourth-order valence-electron chi connectivity index (χ4n) is 2.81. The molecule has 33 heavy (non-hydrogen) atoms. The van der Waals surface area contributed by atoms with Crippen molar-refractivity contribution in [2.24, 2.45) is 0 Å². The predicted octanol–water partition coefficient (Wildman–Crippen LogP) is 5.97. The highest BCUT2D eigenvalue weighted by Gasteiger charge is 2.12. The zero-order valence-corrected chi connectivity index (χ0v) is 17.3. The molecule has 0 aromatic heterocycles. The second-order valence-corrected chi connectivity index (χ2v) is 6.52. The first-order chi connectivity index (χ1) is 15.9. The molecule has 0 aliphatic heterocycles. The van der Waals surface area contributed by atoms with Crippen LogP contribution in [0.4, 0.5) is 8.78 Å². The Morgan fingerprint density at radius 2 is 1.36 bits per heavy atom. The first-order valence-electron chi connectivity index (χ1n) is 9.60. The normalized spacial score (nSPS) is 10.5. The number of halogens is 2. The summed E-state index contributed by atoms with van der Waals surface area (Å²) in [4.78, 5) is 22.2. The molecular weight excluding hydrogens is 430 g/mol. The highest BCUT2D eigenvalue weighted by Crippen LogP contribution is 2.31. The van der Waals surface area contributed by atoms with Gasteiger partial charge in [-0.1, -0.05) is 43.5 Å². The lowest BCUT2D eigenvalue weighted by molar-refractivity contribution is -0.132. The SMILES string of the molecule is C=CC(=O)O/C=C\Oc1ccc(-c2ccc(-c3ccc(OC(=O)C=C)c(F)c3)c(F)c2)cc1. The summed E-state index contributed by atoms with van der Waals surface area (Å²) in [7, 11) is 0. The van der Waals surface area contributed by atoms with Crippen LogP contribution in [-0.2, 0) is 14.3 Å². The van der Waals surface area contributed by atoms with Crippen LogP contribution < -0.4 is 9.47 Å². The third kappa shape index (κ3) is 6.01. The van der Waals surface area contributed by atoms with E-state index < -0.39 is 23.6 Å². The number of carbonyl (C=O) groups excluding carboxylic acids is 2. The fourth-order valence-corrected chi connectivity index (χ4v) is 2.81. The van der Waals surface area contributed by atoms with E-state index in [4.69, 9.17) is 9.47 Å². The van der Waals surface area contributed by atoms with Gasteiger partial charge in [-0.25, -0.2) is 18.4 Å². The highest BCUT2D eigenvalue weighted by molar-refractivity contribution is 5.83. The van der Waals surface area contributed by atoms with Gasteiger partial charge in [0.1, 0.15) is 24.1 Å². The van der Waals surface area contributed by atoms with Crippen molar-refractivity contribution in [1.82, 2.24) is 0 Å². The van der Waals surface area contributed by atoms with Crippen LogP contribution in [0.2, 0.25) is 0 Å². The summed E-state index contributed by atoms with van der Waals surface area (Å²) in [6, 6.07) is 15.2. The summed E-state index contributed by atoms with van der Waals surface area (Å²) in [6.07, 6.45) is 4.23. The Kier molecular flexibility index (Phi) is 7.49. The van der Waals surface area contributed by atoms with Crippen molar-refractivity contribution >= 4 is 11.9 Å². The second kappa shape index (κ2) is 10.7. The zero-order chi connectivity index (χ0) is 23.8. The molecule has 0 aliphatic carbocycles. The van der Waals surface area contributed by atoms with E-state index in [1.807, 2.05) is 0 Å². The van der Waals surface area contributed by atoms with Crippen molar-refractivity contribution in [3.8, 4) is 33.8 Å². The highest BCUT2D eigenvalue weighted by atomic mass is 19.1. The standard InChI is InChI=1S/C26H18F2O5/c1-3-25(29)32-14-13-31-20-9-5-17(6-10-20)18-7-11-21(22(27)15-18)19-8-12-24(23(28)16-19)33-26(30)4-2/h3-16H,1-2H2/b14-13-. The van der Waals surface area contributed by atoms with Crippen molar-refractivity contribution in [3.63, 3.8) is 0 Å². The van der Waals surface area contributed by atoms with Gasteiger partial charge in [0, 0.05) is 17.7 Å². The number of hydrogen-bond acceptors (Lipinski definition) is 5. The van der Waals surface area contributed by atoms with E-state index in [2.05, 4.69) is 17.9 Å². The van der Waals surface area contributed by atoms with Crippen LogP contribution in [-0.4, -0.2) is 11.9 Å². The summed E-state index contributed by atoms with van der Waals surface area (Å²) >= 11 is 0. The molecule has 166 valence electrons. The lowest BCUT2D eigenvalue weighted by atomic mass is 9.99. The number of rotatable bonds is 8. The van der Waals surface area contributed by atoms with Crippen LogP contribution in [0.1, 0.15) is 0 Å². The summed E-state index contributed by atoms with van der Waals surface area (Å²) in [5.41, 5.74) is 1.82. The van der Waals surface area contributed by atoms with Crippen LogP contribution in [0.25, 0.3) is 22.3 Å². The first-order valence-corrected chi connectivity index (χ1v) is 9.60. The molecule has 3 rings (SSSR count). The van der Waals surface area contributed by atoms with Crippen LogP contribution in [0.5, 0.6) is 11.5 Å². The monoisotopic (exact) mass is 448 g/mol. The summed E-state index contributed by atoms with van der Waals surface area (Å²) in [6.45, 7) is 6.52. The minimum absolute atomic E-state index is 0.193. The van der Waals surface area contributed by atoms with Gasteiger partial charge in [-0.15, -0.1) is 0 Å². The molecule has 0 radical (unpaired) electrons. The predicted molar refractivity (Wildman–Crippen MR) is 119 cm³/mol. The largest absolute Gasteiger partial charge is 0.462 e. The first kappa shape index (κ1) is 23.1. The lowest BCUT2D eigenvalue weighted by Crippen LogP contribution is -2.04. The molecule has 3 aromatic rings. The molecule has 0 bridgehead atoms. The third-order valence-electron chi connectivity index (χ3n) is 4.39. The number of ether oxygens (including phenoxy) is 3. The molecule has 0 fully saturated rings. The van der Waals surface area contributed by atoms with Gasteiger partial charge in [-0.05, 0) is 47.0 Å².